The van der Waals surface area contributed by atoms with Gasteiger partial charge < -0.3 is 4.57 Å². The van der Waals surface area contributed by atoms with Crippen molar-refractivity contribution in [2.24, 2.45) is 0 Å². The average molecular weight is 312 g/mol. The number of hydrogen-bond acceptors (Lipinski definition) is 2. The molecule has 0 saturated carbocycles. The van der Waals surface area contributed by atoms with Crippen LogP contribution >= 0.6 is 0 Å². The molecule has 7 heteroatoms. The zero-order valence-corrected chi connectivity index (χ0v) is 12.1. The Hall–Kier alpha value is -1.73. The molecular weight excluding hydrogens is 298 g/mol. The highest BCUT2D eigenvalue weighted by atomic mass is 32.2. The second-order valence-corrected chi connectivity index (χ2v) is 6.80. The molecule has 0 saturated heterocycles. The van der Waals surface area contributed by atoms with Gasteiger partial charge in [0.15, 0.2) is 4.90 Å². The molecule has 0 radical (unpaired) electrons. The first kappa shape index (κ1) is 14.2. The van der Waals surface area contributed by atoms with Crippen molar-refractivity contribution in [3.8, 4) is 0 Å². The maximum atomic E-state index is 13.8. The normalized spacial score (nSPS) is 19.5. The fourth-order valence-corrected chi connectivity index (χ4v) is 4.44. The first-order valence-corrected chi connectivity index (χ1v) is 7.98. The first-order valence-electron chi connectivity index (χ1n) is 6.54. The van der Waals surface area contributed by atoms with Gasteiger partial charge in [-0.05, 0) is 31.2 Å². The molecule has 1 atom stereocenters. The largest absolute Gasteiger partial charge is 0.349 e. The van der Waals surface area contributed by atoms with Crippen molar-refractivity contribution < 1.29 is 17.2 Å². The Morgan fingerprint density at radius 2 is 1.76 bits per heavy atom. The summed E-state index contributed by atoms with van der Waals surface area (Å²) < 4.78 is 55.9. The number of fused-ring (bicyclic) bond motifs is 1. The van der Waals surface area contributed by atoms with Gasteiger partial charge in [-0.25, -0.2) is 17.2 Å². The topological polar surface area (TPSA) is 42.3 Å². The highest BCUT2D eigenvalue weighted by Gasteiger charge is 2.37. The van der Waals surface area contributed by atoms with Crippen LogP contribution in [0.1, 0.15) is 18.7 Å². The van der Waals surface area contributed by atoms with Crippen molar-refractivity contribution in [2.45, 2.75) is 24.4 Å². The van der Waals surface area contributed by atoms with Crippen molar-refractivity contribution in [1.82, 2.24) is 8.87 Å². The van der Waals surface area contributed by atoms with Crippen LogP contribution in [0.4, 0.5) is 8.78 Å². The SMILES string of the molecule is CC1c2cccn2CCN1S(=O)(=O)c1c(F)cccc1F. The molecule has 2 heterocycles. The molecule has 0 spiro atoms. The smallest absolute Gasteiger partial charge is 0.249 e. The Bertz CT molecular complexity index is 766. The molecule has 21 heavy (non-hydrogen) atoms. The molecule has 1 aliphatic heterocycles. The van der Waals surface area contributed by atoms with Gasteiger partial charge in [0, 0.05) is 25.0 Å². The van der Waals surface area contributed by atoms with Crippen LogP contribution in [-0.4, -0.2) is 23.8 Å². The molecule has 0 amide bonds. The maximum Gasteiger partial charge on any atom is 0.249 e. The van der Waals surface area contributed by atoms with Crippen LogP contribution in [0.2, 0.25) is 0 Å². The quantitative estimate of drug-likeness (QED) is 0.855. The fraction of sp³-hybridized carbons (Fsp3) is 0.286. The summed E-state index contributed by atoms with van der Waals surface area (Å²) >= 11 is 0. The van der Waals surface area contributed by atoms with Crippen LogP contribution in [0.5, 0.6) is 0 Å². The third kappa shape index (κ3) is 2.16. The average Bonchev–Trinajstić information content (AvgIpc) is 2.87. The van der Waals surface area contributed by atoms with Gasteiger partial charge in [-0.15, -0.1) is 0 Å². The number of aromatic nitrogens is 1. The van der Waals surface area contributed by atoms with Crippen LogP contribution in [0, 0.1) is 11.6 Å². The minimum Gasteiger partial charge on any atom is -0.349 e. The summed E-state index contributed by atoms with van der Waals surface area (Å²) in [6, 6.07) is 6.21. The number of sulfonamides is 1. The van der Waals surface area contributed by atoms with E-state index in [4.69, 9.17) is 0 Å². The van der Waals surface area contributed by atoms with E-state index in [0.717, 1.165) is 28.2 Å². The second kappa shape index (κ2) is 4.92. The van der Waals surface area contributed by atoms with E-state index in [1.54, 1.807) is 6.92 Å². The molecule has 0 fully saturated rings. The van der Waals surface area contributed by atoms with Gasteiger partial charge in [0.05, 0.1) is 6.04 Å². The van der Waals surface area contributed by atoms with Gasteiger partial charge >= 0.3 is 0 Å². The molecule has 1 unspecified atom stereocenters. The molecule has 1 aromatic carbocycles. The van der Waals surface area contributed by atoms with E-state index in [1.807, 2.05) is 22.9 Å². The molecule has 0 bridgehead atoms. The summed E-state index contributed by atoms with van der Waals surface area (Å²) in [5.41, 5.74) is 0.807. The van der Waals surface area contributed by atoms with Crippen LogP contribution in [0.15, 0.2) is 41.4 Å². The zero-order valence-electron chi connectivity index (χ0n) is 11.3. The van der Waals surface area contributed by atoms with Crippen molar-refractivity contribution >= 4 is 10.0 Å². The summed E-state index contributed by atoms with van der Waals surface area (Å²) in [4.78, 5) is -0.878. The molecular formula is C14H14F2N2O2S. The Morgan fingerprint density at radius 1 is 1.10 bits per heavy atom. The predicted octanol–water partition coefficient (Wildman–Crippen LogP) is 2.53. The third-order valence-corrected chi connectivity index (χ3v) is 5.79. The van der Waals surface area contributed by atoms with Crippen LogP contribution in [-0.2, 0) is 16.6 Å². The van der Waals surface area contributed by atoms with E-state index < -0.39 is 32.6 Å². The highest BCUT2D eigenvalue weighted by molar-refractivity contribution is 7.89. The van der Waals surface area contributed by atoms with Gasteiger partial charge in [-0.3, -0.25) is 0 Å². The maximum absolute atomic E-state index is 13.8. The Labute approximate surface area is 121 Å². The lowest BCUT2D eigenvalue weighted by Crippen LogP contribution is -2.41. The fourth-order valence-electron chi connectivity index (χ4n) is 2.73. The number of halogens is 2. The van der Waals surface area contributed by atoms with E-state index in [2.05, 4.69) is 0 Å². The number of benzene rings is 1. The third-order valence-electron chi connectivity index (χ3n) is 3.77. The molecule has 3 rings (SSSR count). The van der Waals surface area contributed by atoms with Gasteiger partial charge in [-0.2, -0.15) is 4.31 Å². The van der Waals surface area contributed by atoms with Crippen LogP contribution in [0.25, 0.3) is 0 Å². The standard InChI is InChI=1S/C14H14F2N2O2S/c1-10-13-6-3-7-17(13)8-9-18(10)21(19,20)14-11(15)4-2-5-12(14)16/h2-7,10H,8-9H2,1H3. The summed E-state index contributed by atoms with van der Waals surface area (Å²) in [5.74, 6) is -2.13. The van der Waals surface area contributed by atoms with Crippen molar-refractivity contribution in [2.75, 3.05) is 6.54 Å². The lowest BCUT2D eigenvalue weighted by Gasteiger charge is -2.33. The zero-order chi connectivity index (χ0) is 15.2. The molecule has 4 nitrogen and oxygen atoms in total. The van der Waals surface area contributed by atoms with Gasteiger partial charge in [0.1, 0.15) is 11.6 Å². The monoisotopic (exact) mass is 312 g/mol. The van der Waals surface area contributed by atoms with Crippen LogP contribution < -0.4 is 0 Å². The molecule has 1 aliphatic rings. The van der Waals surface area contributed by atoms with Gasteiger partial charge in [-0.1, -0.05) is 6.07 Å². The number of nitrogens with zero attached hydrogens (tertiary/aromatic N) is 2. The minimum absolute atomic E-state index is 0.180. The predicted molar refractivity (Wildman–Crippen MR) is 73.1 cm³/mol. The lowest BCUT2D eigenvalue weighted by atomic mass is 10.2. The van der Waals surface area contributed by atoms with Crippen LogP contribution in [0.3, 0.4) is 0 Å². The van der Waals surface area contributed by atoms with Gasteiger partial charge in [0.25, 0.3) is 0 Å². The molecule has 2 aromatic rings. The lowest BCUT2D eigenvalue weighted by molar-refractivity contribution is 0.280. The first-order chi connectivity index (χ1) is 9.93. The van der Waals surface area contributed by atoms with Gasteiger partial charge in [0.2, 0.25) is 10.0 Å². The Morgan fingerprint density at radius 3 is 2.43 bits per heavy atom. The van der Waals surface area contributed by atoms with Crippen molar-refractivity contribution in [3.63, 3.8) is 0 Å². The van der Waals surface area contributed by atoms with Crippen molar-refractivity contribution in [3.05, 3.63) is 53.9 Å². The summed E-state index contributed by atoms with van der Waals surface area (Å²) in [7, 11) is -4.22. The van der Waals surface area contributed by atoms with E-state index in [0.29, 0.717) is 6.54 Å². The van der Waals surface area contributed by atoms with E-state index in [-0.39, 0.29) is 6.54 Å². The van der Waals surface area contributed by atoms with Crippen molar-refractivity contribution in [1.29, 1.82) is 0 Å². The Balaban J connectivity index is 2.08. The highest BCUT2D eigenvalue weighted by Crippen LogP contribution is 2.32. The summed E-state index contributed by atoms with van der Waals surface area (Å²) in [5, 5.41) is 0. The molecule has 0 N–H and O–H groups in total. The van der Waals surface area contributed by atoms with E-state index >= 15 is 0 Å². The number of hydrogen-bond donors (Lipinski definition) is 0. The Kier molecular flexibility index (Phi) is 3.33. The molecule has 0 aliphatic carbocycles. The van der Waals surface area contributed by atoms with E-state index in [1.165, 1.54) is 0 Å². The molecule has 112 valence electrons. The summed E-state index contributed by atoms with van der Waals surface area (Å²) in [6.45, 7) is 2.35. The number of rotatable bonds is 2. The summed E-state index contributed by atoms with van der Waals surface area (Å²) in [6.07, 6.45) is 1.86. The van der Waals surface area contributed by atoms with E-state index in [9.17, 15) is 17.2 Å². The second-order valence-electron chi connectivity index (χ2n) is 4.97. The molecule has 1 aromatic heterocycles. The minimum atomic E-state index is -4.22.